The molecule has 1 heterocycles. The van der Waals surface area contributed by atoms with E-state index in [1.54, 1.807) is 0 Å². The van der Waals surface area contributed by atoms with Crippen molar-refractivity contribution in [1.29, 1.82) is 0 Å². The molecule has 1 aliphatic rings. The number of aliphatic carboxylic acids is 1. The second kappa shape index (κ2) is 8.06. The fraction of sp³-hybridized carbons (Fsp3) is 0.529. The van der Waals surface area contributed by atoms with Gasteiger partial charge >= 0.3 is 5.97 Å². The van der Waals surface area contributed by atoms with Gasteiger partial charge in [-0.05, 0) is 43.9 Å². The molecule has 0 unspecified atom stereocenters. The number of amides is 1. The molecule has 2 N–H and O–H groups in total. The molecular weight excluding hydrogens is 301 g/mol. The molecule has 1 aromatic rings. The van der Waals surface area contributed by atoms with Gasteiger partial charge in [-0.25, -0.2) is 4.39 Å². The number of rotatable bonds is 7. The predicted octanol–water partition coefficient (Wildman–Crippen LogP) is 2.81. The zero-order valence-electron chi connectivity index (χ0n) is 13.1. The van der Waals surface area contributed by atoms with E-state index in [2.05, 4.69) is 5.32 Å². The summed E-state index contributed by atoms with van der Waals surface area (Å²) in [7, 11) is 0. The lowest BCUT2D eigenvalue weighted by Crippen LogP contribution is -2.30. The summed E-state index contributed by atoms with van der Waals surface area (Å²) in [6.07, 6.45) is 2.96. The molecule has 1 saturated heterocycles. The molecule has 0 saturated carbocycles. The topological polar surface area (TPSA) is 75.6 Å². The molecule has 1 aromatic carbocycles. The number of hydrogen-bond donors (Lipinski definition) is 2. The molecule has 3 atom stereocenters. The van der Waals surface area contributed by atoms with Crippen LogP contribution in [0.25, 0.3) is 0 Å². The van der Waals surface area contributed by atoms with Crippen LogP contribution in [0.4, 0.5) is 4.39 Å². The van der Waals surface area contributed by atoms with Crippen LogP contribution in [0, 0.1) is 5.82 Å². The maximum absolute atomic E-state index is 13.0. The Morgan fingerprint density at radius 1 is 1.35 bits per heavy atom. The second-order valence-electron chi connectivity index (χ2n) is 5.95. The summed E-state index contributed by atoms with van der Waals surface area (Å²) in [5.41, 5.74) is 0.577. The molecule has 0 radical (unpaired) electrons. The minimum Gasteiger partial charge on any atom is -0.481 e. The Balaban J connectivity index is 1.90. The van der Waals surface area contributed by atoms with Crippen LogP contribution in [0.5, 0.6) is 0 Å². The highest BCUT2D eigenvalue weighted by Crippen LogP contribution is 2.23. The minimum absolute atomic E-state index is 0.0968. The van der Waals surface area contributed by atoms with Crippen LogP contribution in [0.15, 0.2) is 24.3 Å². The van der Waals surface area contributed by atoms with Crippen molar-refractivity contribution in [2.24, 2.45) is 0 Å². The van der Waals surface area contributed by atoms with E-state index in [9.17, 15) is 14.0 Å². The standard InChI is InChI=1S/C17H22FNO4/c1-11-2-7-14(23-11)8-9-16(20)19-15(10-17(21)22)12-3-5-13(18)6-4-12/h3-6,11,14-15H,2,7-10H2,1H3,(H,19,20)(H,21,22)/t11-,14-,15+/m1/s1. The first-order valence-electron chi connectivity index (χ1n) is 7.86. The van der Waals surface area contributed by atoms with Crippen molar-refractivity contribution in [3.63, 3.8) is 0 Å². The molecule has 0 bridgehead atoms. The zero-order valence-corrected chi connectivity index (χ0v) is 13.1. The van der Waals surface area contributed by atoms with Gasteiger partial charge in [-0.2, -0.15) is 0 Å². The predicted molar refractivity (Wildman–Crippen MR) is 82.3 cm³/mol. The van der Waals surface area contributed by atoms with Crippen LogP contribution < -0.4 is 5.32 Å². The maximum Gasteiger partial charge on any atom is 0.305 e. The summed E-state index contributed by atoms with van der Waals surface area (Å²) in [5.74, 6) is -1.64. The average molecular weight is 323 g/mol. The van der Waals surface area contributed by atoms with E-state index in [-0.39, 0.29) is 31.0 Å². The first-order chi connectivity index (χ1) is 10.9. The fourth-order valence-corrected chi connectivity index (χ4v) is 2.78. The third kappa shape index (κ3) is 5.63. The molecule has 6 heteroatoms. The SMILES string of the molecule is C[C@@H]1CC[C@H](CCC(=O)N[C@@H](CC(=O)O)c2ccc(F)cc2)O1. The van der Waals surface area contributed by atoms with Gasteiger partial charge in [0.15, 0.2) is 0 Å². The normalized spacial score (nSPS) is 21.8. The van der Waals surface area contributed by atoms with E-state index >= 15 is 0 Å². The van der Waals surface area contributed by atoms with E-state index in [1.807, 2.05) is 6.92 Å². The Morgan fingerprint density at radius 2 is 2.04 bits per heavy atom. The Hall–Kier alpha value is -1.95. The van der Waals surface area contributed by atoms with E-state index in [0.29, 0.717) is 12.0 Å². The van der Waals surface area contributed by atoms with Gasteiger partial charge in [0.05, 0.1) is 24.7 Å². The number of carbonyl (C=O) groups is 2. The van der Waals surface area contributed by atoms with E-state index in [4.69, 9.17) is 9.84 Å². The van der Waals surface area contributed by atoms with Crippen molar-refractivity contribution in [2.45, 2.75) is 57.3 Å². The first-order valence-corrected chi connectivity index (χ1v) is 7.86. The molecule has 1 aliphatic heterocycles. The lowest BCUT2D eigenvalue weighted by Gasteiger charge is -2.18. The third-order valence-electron chi connectivity index (χ3n) is 4.00. The Morgan fingerprint density at radius 3 is 2.61 bits per heavy atom. The average Bonchev–Trinajstić information content (AvgIpc) is 2.90. The quantitative estimate of drug-likeness (QED) is 0.809. The van der Waals surface area contributed by atoms with Gasteiger partial charge in [0.2, 0.25) is 5.91 Å². The number of benzene rings is 1. The molecule has 23 heavy (non-hydrogen) atoms. The van der Waals surface area contributed by atoms with Gasteiger partial charge in [0.1, 0.15) is 5.82 Å². The van der Waals surface area contributed by atoms with Crippen LogP contribution in [0.3, 0.4) is 0 Å². The summed E-state index contributed by atoms with van der Waals surface area (Å²) < 4.78 is 18.6. The van der Waals surface area contributed by atoms with Gasteiger partial charge in [0, 0.05) is 6.42 Å². The van der Waals surface area contributed by atoms with Crippen LogP contribution >= 0.6 is 0 Å². The number of carboxylic acid groups (broad SMARTS) is 1. The fourth-order valence-electron chi connectivity index (χ4n) is 2.78. The van der Waals surface area contributed by atoms with Crippen molar-refractivity contribution in [1.82, 2.24) is 5.32 Å². The lowest BCUT2D eigenvalue weighted by molar-refractivity contribution is -0.137. The summed E-state index contributed by atoms with van der Waals surface area (Å²) in [6.45, 7) is 2.01. The van der Waals surface area contributed by atoms with Crippen molar-refractivity contribution >= 4 is 11.9 Å². The van der Waals surface area contributed by atoms with Crippen LogP contribution in [0.2, 0.25) is 0 Å². The highest BCUT2D eigenvalue weighted by molar-refractivity contribution is 5.77. The Kier molecular flexibility index (Phi) is 6.10. The van der Waals surface area contributed by atoms with Crippen LogP contribution in [-0.2, 0) is 14.3 Å². The molecule has 0 aromatic heterocycles. The molecule has 126 valence electrons. The van der Waals surface area contributed by atoms with Crippen molar-refractivity contribution < 1.29 is 23.8 Å². The van der Waals surface area contributed by atoms with Crippen molar-refractivity contribution in [2.75, 3.05) is 0 Å². The molecule has 1 fully saturated rings. The summed E-state index contributed by atoms with van der Waals surface area (Å²) in [4.78, 5) is 23.1. The second-order valence-corrected chi connectivity index (χ2v) is 5.95. The number of halogens is 1. The van der Waals surface area contributed by atoms with Crippen molar-refractivity contribution in [3.8, 4) is 0 Å². The molecular formula is C17H22FNO4. The van der Waals surface area contributed by atoms with Crippen molar-refractivity contribution in [3.05, 3.63) is 35.6 Å². The number of hydrogen-bond acceptors (Lipinski definition) is 3. The molecule has 1 amide bonds. The lowest BCUT2D eigenvalue weighted by atomic mass is 10.0. The minimum atomic E-state index is -1.02. The largest absolute Gasteiger partial charge is 0.481 e. The number of carboxylic acids is 1. The highest BCUT2D eigenvalue weighted by atomic mass is 19.1. The van der Waals surface area contributed by atoms with Crippen LogP contribution in [0.1, 0.15) is 50.6 Å². The smallest absolute Gasteiger partial charge is 0.305 e. The number of ether oxygens (including phenoxy) is 1. The molecule has 0 aliphatic carbocycles. The zero-order chi connectivity index (χ0) is 16.8. The van der Waals surface area contributed by atoms with Gasteiger partial charge < -0.3 is 15.2 Å². The third-order valence-corrected chi connectivity index (χ3v) is 4.00. The maximum atomic E-state index is 13.0. The molecule has 0 spiro atoms. The summed E-state index contributed by atoms with van der Waals surface area (Å²) >= 11 is 0. The first kappa shape index (κ1) is 17.4. The van der Waals surface area contributed by atoms with E-state index in [1.165, 1.54) is 24.3 Å². The molecule has 5 nitrogen and oxygen atoms in total. The molecule has 2 rings (SSSR count). The summed E-state index contributed by atoms with van der Waals surface area (Å²) in [5, 5.41) is 11.7. The Labute approximate surface area is 134 Å². The van der Waals surface area contributed by atoms with E-state index in [0.717, 1.165) is 12.8 Å². The number of nitrogens with one attached hydrogen (secondary N) is 1. The number of carbonyl (C=O) groups excluding carboxylic acids is 1. The summed E-state index contributed by atoms with van der Waals surface area (Å²) in [6, 6.07) is 4.83. The Bertz CT molecular complexity index is 546. The van der Waals surface area contributed by atoms with Crippen LogP contribution in [-0.4, -0.2) is 29.2 Å². The highest BCUT2D eigenvalue weighted by Gasteiger charge is 2.23. The van der Waals surface area contributed by atoms with Gasteiger partial charge in [-0.15, -0.1) is 0 Å². The monoisotopic (exact) mass is 323 g/mol. The van der Waals surface area contributed by atoms with Gasteiger partial charge in [0.25, 0.3) is 0 Å². The van der Waals surface area contributed by atoms with Gasteiger partial charge in [-0.1, -0.05) is 12.1 Å². The van der Waals surface area contributed by atoms with Gasteiger partial charge in [-0.3, -0.25) is 9.59 Å². The van der Waals surface area contributed by atoms with E-state index < -0.39 is 17.8 Å².